The molecule has 0 heterocycles. The number of ether oxygens (including phenoxy) is 1. The van der Waals surface area contributed by atoms with Crippen LogP contribution in [0.4, 0.5) is 0 Å². The molecule has 3 saturated carbocycles. The number of rotatable bonds is 12. The van der Waals surface area contributed by atoms with Crippen LogP contribution in [-0.2, 0) is 9.53 Å². The van der Waals surface area contributed by atoms with Crippen LogP contribution in [0, 0.1) is 29.6 Å². The number of carbonyl (C=O) groups excluding carboxylic acids is 1. The van der Waals surface area contributed by atoms with E-state index in [4.69, 9.17) is 4.74 Å². The monoisotopic (exact) mass is 458 g/mol. The second-order valence-corrected chi connectivity index (χ2v) is 11.9. The average molecular weight is 459 g/mol. The first kappa shape index (κ1) is 26.8. The van der Waals surface area contributed by atoms with Gasteiger partial charge in [0.15, 0.2) is 0 Å². The second kappa shape index (κ2) is 15.3. The van der Waals surface area contributed by atoms with E-state index in [9.17, 15) is 4.79 Å². The van der Waals surface area contributed by atoms with E-state index in [1.165, 1.54) is 103 Å². The van der Waals surface area contributed by atoms with Gasteiger partial charge in [-0.25, -0.2) is 0 Å². The first-order chi connectivity index (χ1) is 16.2. The van der Waals surface area contributed by atoms with Gasteiger partial charge in [0.05, 0.1) is 5.92 Å². The van der Waals surface area contributed by atoms with Gasteiger partial charge in [-0.05, 0) is 87.9 Å². The summed E-state index contributed by atoms with van der Waals surface area (Å²) in [4.78, 5) is 12.7. The molecule has 0 atom stereocenters. The maximum atomic E-state index is 12.7. The highest BCUT2D eigenvalue weighted by atomic mass is 16.5. The molecule has 3 rings (SSSR count). The molecule has 0 aromatic carbocycles. The van der Waals surface area contributed by atoms with Crippen LogP contribution in [0.15, 0.2) is 12.2 Å². The molecule has 0 unspecified atom stereocenters. The Morgan fingerprint density at radius 2 is 1.21 bits per heavy atom. The molecular formula is C31H54O2. The topological polar surface area (TPSA) is 26.3 Å². The lowest BCUT2D eigenvalue weighted by atomic mass is 9.78. The molecule has 0 bridgehead atoms. The van der Waals surface area contributed by atoms with E-state index in [1.807, 2.05) is 0 Å². The largest absolute Gasteiger partial charge is 0.462 e. The minimum atomic E-state index is 0.115. The van der Waals surface area contributed by atoms with Gasteiger partial charge in [0.1, 0.15) is 6.10 Å². The SMILES string of the molecule is CCCCC1CCC(CC/C=C/C2CCC(C(=O)OC3CCC(CCCC)CC3)CC2)CC1. The summed E-state index contributed by atoms with van der Waals surface area (Å²) in [6.45, 7) is 4.59. The molecule has 33 heavy (non-hydrogen) atoms. The van der Waals surface area contributed by atoms with Crippen molar-refractivity contribution in [1.29, 1.82) is 0 Å². The van der Waals surface area contributed by atoms with E-state index >= 15 is 0 Å². The van der Waals surface area contributed by atoms with Gasteiger partial charge in [0.25, 0.3) is 0 Å². The number of hydrogen-bond donors (Lipinski definition) is 0. The standard InChI is InChI=1S/C31H54O2/c1-3-5-9-25-13-15-27(16-14-25)11-7-8-12-28-17-21-29(22-18-28)31(32)33-30-23-19-26(20-24-30)10-6-4-2/h8,12,25-30H,3-7,9-11,13-24H2,1-2H3/b12-8+. The molecule has 0 saturated heterocycles. The molecule has 0 aromatic rings. The molecule has 2 heteroatoms. The van der Waals surface area contributed by atoms with Gasteiger partial charge in [-0.1, -0.05) is 90.2 Å². The molecule has 0 amide bonds. The van der Waals surface area contributed by atoms with Gasteiger partial charge < -0.3 is 4.74 Å². The number of hydrogen-bond acceptors (Lipinski definition) is 2. The van der Waals surface area contributed by atoms with E-state index in [2.05, 4.69) is 26.0 Å². The summed E-state index contributed by atoms with van der Waals surface area (Å²) in [5.41, 5.74) is 0. The Morgan fingerprint density at radius 3 is 1.76 bits per heavy atom. The summed E-state index contributed by atoms with van der Waals surface area (Å²) < 4.78 is 5.96. The Morgan fingerprint density at radius 1 is 0.697 bits per heavy atom. The molecule has 2 nitrogen and oxygen atoms in total. The van der Waals surface area contributed by atoms with Crippen molar-refractivity contribution in [3.63, 3.8) is 0 Å². The fourth-order valence-corrected chi connectivity index (χ4v) is 6.76. The maximum Gasteiger partial charge on any atom is 0.309 e. The normalized spacial score (nSPS) is 33.3. The molecule has 0 aromatic heterocycles. The van der Waals surface area contributed by atoms with Crippen LogP contribution in [0.1, 0.15) is 142 Å². The molecule has 0 aliphatic heterocycles. The number of unbranched alkanes of at least 4 members (excludes halogenated alkanes) is 2. The lowest BCUT2D eigenvalue weighted by molar-refractivity contribution is -0.157. The Hall–Kier alpha value is -0.790. The molecule has 0 radical (unpaired) electrons. The Labute approximate surface area is 205 Å². The van der Waals surface area contributed by atoms with Crippen LogP contribution in [0.5, 0.6) is 0 Å². The first-order valence-corrected chi connectivity index (χ1v) is 15.0. The van der Waals surface area contributed by atoms with Gasteiger partial charge in [-0.15, -0.1) is 0 Å². The van der Waals surface area contributed by atoms with Crippen LogP contribution in [0.25, 0.3) is 0 Å². The van der Waals surface area contributed by atoms with Crippen LogP contribution >= 0.6 is 0 Å². The Balaban J connectivity index is 1.23. The van der Waals surface area contributed by atoms with E-state index in [0.717, 1.165) is 43.4 Å². The van der Waals surface area contributed by atoms with Crippen molar-refractivity contribution < 1.29 is 9.53 Å². The van der Waals surface area contributed by atoms with Crippen LogP contribution in [-0.4, -0.2) is 12.1 Å². The van der Waals surface area contributed by atoms with E-state index in [1.54, 1.807) is 0 Å². The van der Waals surface area contributed by atoms with Gasteiger partial charge in [-0.3, -0.25) is 4.79 Å². The molecule has 3 aliphatic rings. The molecule has 3 aliphatic carbocycles. The van der Waals surface area contributed by atoms with Crippen LogP contribution < -0.4 is 0 Å². The van der Waals surface area contributed by atoms with Gasteiger partial charge in [0.2, 0.25) is 0 Å². The molecule has 0 spiro atoms. The van der Waals surface area contributed by atoms with Gasteiger partial charge in [-0.2, -0.15) is 0 Å². The smallest absolute Gasteiger partial charge is 0.309 e. The Kier molecular flexibility index (Phi) is 12.4. The van der Waals surface area contributed by atoms with Crippen molar-refractivity contribution in [3.05, 3.63) is 12.2 Å². The highest BCUT2D eigenvalue weighted by Crippen LogP contribution is 2.35. The zero-order valence-electron chi connectivity index (χ0n) is 22.1. The van der Waals surface area contributed by atoms with E-state index in [0.29, 0.717) is 5.92 Å². The second-order valence-electron chi connectivity index (χ2n) is 11.9. The van der Waals surface area contributed by atoms with E-state index < -0.39 is 0 Å². The fourth-order valence-electron chi connectivity index (χ4n) is 6.76. The van der Waals surface area contributed by atoms with Crippen molar-refractivity contribution in [2.45, 2.75) is 148 Å². The zero-order valence-corrected chi connectivity index (χ0v) is 22.1. The van der Waals surface area contributed by atoms with Crippen molar-refractivity contribution in [2.24, 2.45) is 29.6 Å². The first-order valence-electron chi connectivity index (χ1n) is 15.0. The molecule has 190 valence electrons. The van der Waals surface area contributed by atoms with Gasteiger partial charge in [0, 0.05) is 0 Å². The summed E-state index contributed by atoms with van der Waals surface area (Å²) in [5.74, 6) is 3.84. The third-order valence-electron chi connectivity index (χ3n) is 9.23. The zero-order chi connectivity index (χ0) is 23.3. The van der Waals surface area contributed by atoms with Crippen molar-refractivity contribution >= 4 is 5.97 Å². The molecular weight excluding hydrogens is 404 g/mol. The summed E-state index contributed by atoms with van der Waals surface area (Å²) in [5, 5.41) is 0. The van der Waals surface area contributed by atoms with Gasteiger partial charge >= 0.3 is 5.97 Å². The third-order valence-corrected chi connectivity index (χ3v) is 9.23. The summed E-state index contributed by atoms with van der Waals surface area (Å²) in [6, 6.07) is 0. The van der Waals surface area contributed by atoms with Crippen molar-refractivity contribution in [3.8, 4) is 0 Å². The van der Waals surface area contributed by atoms with Crippen LogP contribution in [0.2, 0.25) is 0 Å². The number of allylic oxidation sites excluding steroid dienone is 2. The van der Waals surface area contributed by atoms with Crippen molar-refractivity contribution in [2.75, 3.05) is 0 Å². The van der Waals surface area contributed by atoms with E-state index in [-0.39, 0.29) is 18.0 Å². The predicted octanol–water partition coefficient (Wildman–Crippen LogP) is 9.42. The lowest BCUT2D eigenvalue weighted by Crippen LogP contribution is -2.30. The maximum absolute atomic E-state index is 12.7. The summed E-state index contributed by atoms with van der Waals surface area (Å²) in [6.07, 6.45) is 31.1. The molecule has 0 N–H and O–H groups in total. The minimum Gasteiger partial charge on any atom is -0.462 e. The van der Waals surface area contributed by atoms with Crippen LogP contribution in [0.3, 0.4) is 0 Å². The highest BCUT2D eigenvalue weighted by Gasteiger charge is 2.30. The summed E-state index contributed by atoms with van der Waals surface area (Å²) >= 11 is 0. The molecule has 3 fully saturated rings. The number of esters is 1. The quantitative estimate of drug-likeness (QED) is 0.215. The van der Waals surface area contributed by atoms with Crippen molar-refractivity contribution in [1.82, 2.24) is 0 Å². The average Bonchev–Trinajstić information content (AvgIpc) is 2.86. The Bertz CT molecular complexity index is 543. The fraction of sp³-hybridized carbons (Fsp3) is 0.903. The third kappa shape index (κ3) is 9.77. The lowest BCUT2D eigenvalue weighted by Gasteiger charge is -2.31. The minimum absolute atomic E-state index is 0.115. The predicted molar refractivity (Wildman–Crippen MR) is 140 cm³/mol. The highest BCUT2D eigenvalue weighted by molar-refractivity contribution is 5.72. The summed E-state index contributed by atoms with van der Waals surface area (Å²) in [7, 11) is 0. The number of carbonyl (C=O) groups is 1.